The van der Waals surface area contributed by atoms with Crippen molar-refractivity contribution < 1.29 is 0 Å². The second-order valence-electron chi connectivity index (χ2n) is 17.1. The molecular weight excluding hydrogens is 697 g/mol. The number of fused-ring (bicyclic) bond motifs is 17. The van der Waals surface area contributed by atoms with Crippen molar-refractivity contribution in [1.29, 1.82) is 0 Å². The third-order valence-corrected chi connectivity index (χ3v) is 14.0. The third-order valence-electron chi connectivity index (χ3n) is 14.0. The van der Waals surface area contributed by atoms with Crippen molar-refractivity contribution in [1.82, 2.24) is 0 Å². The zero-order chi connectivity index (χ0) is 38.3. The Bertz CT molecular complexity index is 3310. The maximum Gasteiger partial charge on any atom is 0.0725 e. The molecule has 3 aliphatic rings. The Morgan fingerprint density at radius 2 is 0.741 bits per heavy atom. The van der Waals surface area contributed by atoms with E-state index in [1.54, 1.807) is 0 Å². The van der Waals surface area contributed by atoms with Gasteiger partial charge in [-0.25, -0.2) is 0 Å². The van der Waals surface area contributed by atoms with E-state index < -0.39 is 5.41 Å². The number of hydrogen-bond donors (Lipinski definition) is 0. The molecule has 0 heteroatoms. The predicted molar refractivity (Wildman–Crippen MR) is 244 cm³/mol. The fourth-order valence-electron chi connectivity index (χ4n) is 11.8. The van der Waals surface area contributed by atoms with Crippen LogP contribution in [0.1, 0.15) is 47.2 Å². The summed E-state index contributed by atoms with van der Waals surface area (Å²) in [5, 5.41) is 7.76. The summed E-state index contributed by atoms with van der Waals surface area (Å²) >= 11 is 0. The first-order chi connectivity index (χ1) is 28.6. The van der Waals surface area contributed by atoms with Crippen molar-refractivity contribution in [3.05, 3.63) is 228 Å². The van der Waals surface area contributed by atoms with Crippen molar-refractivity contribution in [2.75, 3.05) is 0 Å². The molecule has 3 aliphatic carbocycles. The molecule has 0 amide bonds. The van der Waals surface area contributed by atoms with Crippen LogP contribution >= 0.6 is 0 Å². The Morgan fingerprint density at radius 1 is 0.293 bits per heavy atom. The van der Waals surface area contributed by atoms with Crippen LogP contribution in [0.25, 0.3) is 88.0 Å². The van der Waals surface area contributed by atoms with Gasteiger partial charge in [0.25, 0.3) is 0 Å². The molecule has 270 valence electrons. The summed E-state index contributed by atoms with van der Waals surface area (Å²) in [6, 6.07) is 73.6. The largest absolute Gasteiger partial charge is 0.0725 e. The summed E-state index contributed by atoms with van der Waals surface area (Å²) in [5.41, 5.74) is 21.0. The van der Waals surface area contributed by atoms with Gasteiger partial charge in [0.15, 0.2) is 0 Å². The van der Waals surface area contributed by atoms with Gasteiger partial charge < -0.3 is 0 Å². The fraction of sp³-hybridized carbons (Fsp3) is 0.0690. The molecule has 10 aromatic carbocycles. The Kier molecular flexibility index (Phi) is 6.26. The first-order valence-corrected chi connectivity index (χ1v) is 20.6. The molecule has 0 nitrogen and oxygen atoms in total. The maximum atomic E-state index is 2.55. The zero-order valence-corrected chi connectivity index (χ0v) is 32.5. The molecule has 0 aliphatic heterocycles. The van der Waals surface area contributed by atoms with Gasteiger partial charge in [0, 0.05) is 5.41 Å². The normalized spacial score (nSPS) is 14.7. The van der Waals surface area contributed by atoms with Gasteiger partial charge in [-0.3, -0.25) is 0 Å². The zero-order valence-electron chi connectivity index (χ0n) is 32.5. The smallest absolute Gasteiger partial charge is 0.0619 e. The lowest BCUT2D eigenvalue weighted by molar-refractivity contribution is 0.663. The minimum atomic E-state index is -0.393. The van der Waals surface area contributed by atoms with E-state index >= 15 is 0 Å². The molecule has 13 rings (SSSR count). The SMILES string of the molecule is CC1(C)c2ccc3ccccc3c2-c2cccc(-c3c4ccccc4c(-c4ccc5c(c4)C4(c6ccccc6-c6ccccc64)c4ccccc4-5)c4ccccc34)c21. The van der Waals surface area contributed by atoms with Crippen LogP contribution in [-0.4, -0.2) is 0 Å². The summed E-state index contributed by atoms with van der Waals surface area (Å²) in [4.78, 5) is 0. The van der Waals surface area contributed by atoms with E-state index in [9.17, 15) is 0 Å². The fourth-order valence-corrected chi connectivity index (χ4v) is 11.8. The van der Waals surface area contributed by atoms with Gasteiger partial charge in [0.1, 0.15) is 0 Å². The van der Waals surface area contributed by atoms with E-state index in [1.165, 1.54) is 121 Å². The summed E-state index contributed by atoms with van der Waals surface area (Å²) in [6.45, 7) is 4.85. The molecule has 0 atom stereocenters. The highest BCUT2D eigenvalue weighted by atomic mass is 14.5. The average Bonchev–Trinajstić information content (AvgIpc) is 3.84. The molecule has 0 radical (unpaired) electrons. The molecular formula is C58H38. The van der Waals surface area contributed by atoms with Crippen molar-refractivity contribution >= 4 is 32.3 Å². The molecule has 0 saturated carbocycles. The summed E-state index contributed by atoms with van der Waals surface area (Å²) in [7, 11) is 0. The van der Waals surface area contributed by atoms with Crippen LogP contribution in [-0.2, 0) is 10.8 Å². The van der Waals surface area contributed by atoms with Gasteiger partial charge in [-0.2, -0.15) is 0 Å². The Morgan fingerprint density at radius 3 is 1.33 bits per heavy atom. The van der Waals surface area contributed by atoms with Crippen LogP contribution in [0.3, 0.4) is 0 Å². The highest BCUT2D eigenvalue weighted by Crippen LogP contribution is 2.63. The van der Waals surface area contributed by atoms with E-state index in [2.05, 4.69) is 208 Å². The Labute approximate surface area is 338 Å². The van der Waals surface area contributed by atoms with Crippen LogP contribution in [0.15, 0.2) is 194 Å². The van der Waals surface area contributed by atoms with Gasteiger partial charge in [-0.15, -0.1) is 0 Å². The summed E-state index contributed by atoms with van der Waals surface area (Å²) < 4.78 is 0. The molecule has 0 bridgehead atoms. The van der Waals surface area contributed by atoms with Crippen molar-refractivity contribution in [3.8, 4) is 55.6 Å². The molecule has 0 aromatic heterocycles. The molecule has 0 heterocycles. The van der Waals surface area contributed by atoms with Gasteiger partial charge in [0.05, 0.1) is 5.41 Å². The van der Waals surface area contributed by atoms with E-state index in [0.29, 0.717) is 0 Å². The van der Waals surface area contributed by atoms with E-state index in [4.69, 9.17) is 0 Å². The standard InChI is InChI=1S/C58H38/c1-57(2)51-33-31-35-16-3-4-17-37(35)55(51)47-26-15-25-46(56(47)57)54-44-23-7-5-21-42(44)53(43-22-6-8-24-45(43)54)36-30-32-41-40-20-11-14-29-50(40)58(52(41)34-36)48-27-12-9-18-38(48)39-19-10-13-28-49(39)58/h3-34H,1-2H3. The van der Waals surface area contributed by atoms with Crippen LogP contribution in [0.5, 0.6) is 0 Å². The van der Waals surface area contributed by atoms with Crippen molar-refractivity contribution in [2.45, 2.75) is 24.7 Å². The van der Waals surface area contributed by atoms with Crippen LogP contribution in [0.4, 0.5) is 0 Å². The van der Waals surface area contributed by atoms with Gasteiger partial charge in [-0.1, -0.05) is 202 Å². The molecule has 0 fully saturated rings. The predicted octanol–water partition coefficient (Wildman–Crippen LogP) is 15.1. The topological polar surface area (TPSA) is 0 Å². The molecule has 0 unspecified atom stereocenters. The highest BCUT2D eigenvalue weighted by molar-refractivity contribution is 6.22. The highest BCUT2D eigenvalue weighted by Gasteiger charge is 2.51. The van der Waals surface area contributed by atoms with Crippen molar-refractivity contribution in [2.24, 2.45) is 0 Å². The Hall–Kier alpha value is -7.02. The van der Waals surface area contributed by atoms with E-state index in [-0.39, 0.29) is 5.41 Å². The van der Waals surface area contributed by atoms with Gasteiger partial charge >= 0.3 is 0 Å². The summed E-state index contributed by atoms with van der Waals surface area (Å²) in [6.07, 6.45) is 0. The molecule has 1 spiro atoms. The Balaban J connectivity index is 1.10. The molecule has 58 heavy (non-hydrogen) atoms. The van der Waals surface area contributed by atoms with E-state index in [1.807, 2.05) is 0 Å². The summed E-state index contributed by atoms with van der Waals surface area (Å²) in [5.74, 6) is 0. The number of benzene rings is 10. The van der Waals surface area contributed by atoms with Gasteiger partial charge in [0.2, 0.25) is 0 Å². The lowest BCUT2D eigenvalue weighted by atomic mass is 9.70. The quantitative estimate of drug-likeness (QED) is 0.155. The molecule has 0 saturated heterocycles. The van der Waals surface area contributed by atoms with Crippen molar-refractivity contribution in [3.63, 3.8) is 0 Å². The minimum Gasteiger partial charge on any atom is -0.0619 e. The molecule has 10 aromatic rings. The third kappa shape index (κ3) is 3.86. The van der Waals surface area contributed by atoms with E-state index in [0.717, 1.165) is 0 Å². The van der Waals surface area contributed by atoms with Crippen LogP contribution < -0.4 is 0 Å². The number of hydrogen-bond acceptors (Lipinski definition) is 0. The number of rotatable bonds is 2. The average molecular weight is 735 g/mol. The molecule has 0 N–H and O–H groups in total. The lowest BCUT2D eigenvalue weighted by Gasteiger charge is -2.31. The first kappa shape index (κ1) is 32.1. The second kappa shape index (κ2) is 11.3. The lowest BCUT2D eigenvalue weighted by Crippen LogP contribution is -2.25. The second-order valence-corrected chi connectivity index (χ2v) is 17.1. The van der Waals surface area contributed by atoms with Crippen LogP contribution in [0.2, 0.25) is 0 Å². The van der Waals surface area contributed by atoms with Gasteiger partial charge in [-0.05, 0) is 127 Å². The van der Waals surface area contributed by atoms with Crippen LogP contribution in [0, 0.1) is 0 Å². The first-order valence-electron chi connectivity index (χ1n) is 20.6. The maximum absolute atomic E-state index is 2.55. The minimum absolute atomic E-state index is 0.177. The monoisotopic (exact) mass is 734 g/mol.